The summed E-state index contributed by atoms with van der Waals surface area (Å²) in [6.07, 6.45) is -0.640. The first-order chi connectivity index (χ1) is 30.0. The Balaban J connectivity index is 0.000000230. The number of carboxylic acid groups (broad SMARTS) is 1. The minimum absolute atomic E-state index is 0.0610. The lowest BCUT2D eigenvalue weighted by Crippen LogP contribution is -2.55. The van der Waals surface area contributed by atoms with Crippen molar-refractivity contribution in [2.45, 2.75) is 90.8 Å². The van der Waals surface area contributed by atoms with Crippen molar-refractivity contribution in [2.75, 3.05) is 52.4 Å². The van der Waals surface area contributed by atoms with Crippen LogP contribution in [0.2, 0.25) is 0 Å². The summed E-state index contributed by atoms with van der Waals surface area (Å²) in [4.78, 5) is 55.1. The predicted octanol–water partition coefficient (Wildman–Crippen LogP) is 6.77. The van der Waals surface area contributed by atoms with E-state index in [-0.39, 0.29) is 12.3 Å². The van der Waals surface area contributed by atoms with Gasteiger partial charge in [-0.3, -0.25) is 14.6 Å². The molecule has 2 heterocycles. The van der Waals surface area contributed by atoms with Crippen LogP contribution in [0, 0.1) is 0 Å². The predicted molar refractivity (Wildman–Crippen MR) is 247 cm³/mol. The highest BCUT2D eigenvalue weighted by Crippen LogP contribution is 2.14. The molecule has 6 rings (SSSR count). The molecule has 63 heavy (non-hydrogen) atoms. The van der Waals surface area contributed by atoms with E-state index in [9.17, 15) is 19.2 Å². The van der Waals surface area contributed by atoms with Crippen molar-refractivity contribution in [3.8, 4) is 0 Å². The molecule has 0 radical (unpaired) electrons. The SMILES string of the molecule is CC(C)(C)OC(=O)N[C@@H](Cc1ccccc1)C(=O)N1CCN(Cc2ccccc2)CC1.CC(C)(C)OC(=O)N[C@@H](Cc1ccccc1)C(=O)O.c1ccc(CN2CCNCC2)cc1. The summed E-state index contributed by atoms with van der Waals surface area (Å²) in [6, 6.07) is 38.2. The maximum atomic E-state index is 13.3. The zero-order valence-electron chi connectivity index (χ0n) is 37.9. The molecule has 2 aliphatic heterocycles. The summed E-state index contributed by atoms with van der Waals surface area (Å²) in [6.45, 7) is 20.1. The van der Waals surface area contributed by atoms with Gasteiger partial charge < -0.3 is 35.4 Å². The average molecular weight is 865 g/mol. The monoisotopic (exact) mass is 865 g/mol. The van der Waals surface area contributed by atoms with Gasteiger partial charge >= 0.3 is 18.2 Å². The molecule has 2 aliphatic rings. The zero-order valence-corrected chi connectivity index (χ0v) is 37.9. The third-order valence-corrected chi connectivity index (χ3v) is 9.94. The molecule has 4 N–H and O–H groups in total. The van der Waals surface area contributed by atoms with Gasteiger partial charge in [-0.2, -0.15) is 0 Å². The molecule has 2 atom stereocenters. The fraction of sp³-hybridized carbons (Fsp3) is 0.440. The van der Waals surface area contributed by atoms with Crippen LogP contribution < -0.4 is 16.0 Å². The van der Waals surface area contributed by atoms with Crippen LogP contribution in [0.15, 0.2) is 121 Å². The molecule has 2 fully saturated rings. The summed E-state index contributed by atoms with van der Waals surface area (Å²) < 4.78 is 10.4. The molecular formula is C50H68N6O7. The summed E-state index contributed by atoms with van der Waals surface area (Å²) >= 11 is 0. The van der Waals surface area contributed by atoms with Crippen molar-refractivity contribution in [3.05, 3.63) is 144 Å². The van der Waals surface area contributed by atoms with Crippen LogP contribution in [0.1, 0.15) is 63.8 Å². The first kappa shape index (κ1) is 49.9. The molecule has 0 bridgehead atoms. The lowest BCUT2D eigenvalue weighted by molar-refractivity contribution is -0.139. The fourth-order valence-electron chi connectivity index (χ4n) is 6.90. The van der Waals surface area contributed by atoms with Crippen molar-refractivity contribution >= 4 is 24.1 Å². The average Bonchev–Trinajstić information content (AvgIpc) is 3.24. The number of hydrogen-bond donors (Lipinski definition) is 4. The van der Waals surface area contributed by atoms with Gasteiger partial charge in [0.1, 0.15) is 23.3 Å². The molecule has 13 nitrogen and oxygen atoms in total. The van der Waals surface area contributed by atoms with Crippen molar-refractivity contribution < 1.29 is 33.8 Å². The van der Waals surface area contributed by atoms with Gasteiger partial charge in [-0.15, -0.1) is 0 Å². The van der Waals surface area contributed by atoms with Gasteiger partial charge in [0.05, 0.1) is 0 Å². The van der Waals surface area contributed by atoms with Crippen LogP contribution >= 0.6 is 0 Å². The van der Waals surface area contributed by atoms with Crippen LogP contribution in [0.25, 0.3) is 0 Å². The number of piperazine rings is 2. The number of ether oxygens (including phenoxy) is 2. The highest BCUT2D eigenvalue weighted by Gasteiger charge is 2.30. The second-order valence-electron chi connectivity index (χ2n) is 17.7. The Morgan fingerprint density at radius 1 is 0.540 bits per heavy atom. The molecule has 4 aromatic rings. The number of nitrogens with zero attached hydrogens (tertiary/aromatic N) is 3. The summed E-state index contributed by atoms with van der Waals surface area (Å²) in [7, 11) is 0. The molecule has 0 unspecified atom stereocenters. The van der Waals surface area contributed by atoms with E-state index in [1.807, 2.05) is 105 Å². The third kappa shape index (κ3) is 20.3. The number of benzene rings is 4. The number of carboxylic acids is 1. The van der Waals surface area contributed by atoms with Crippen LogP contribution in [0.4, 0.5) is 9.59 Å². The minimum atomic E-state index is -1.09. The second kappa shape index (κ2) is 25.4. The number of amides is 3. The zero-order chi connectivity index (χ0) is 45.7. The number of alkyl carbamates (subject to hydrolysis) is 2. The van der Waals surface area contributed by atoms with Crippen molar-refractivity contribution in [2.24, 2.45) is 0 Å². The number of aliphatic carboxylic acids is 1. The number of hydrogen-bond acceptors (Lipinski definition) is 9. The lowest BCUT2D eigenvalue weighted by atomic mass is 10.0. The quantitative estimate of drug-likeness (QED) is 0.120. The lowest BCUT2D eigenvalue weighted by Gasteiger charge is -2.36. The summed E-state index contributed by atoms with van der Waals surface area (Å²) in [5.74, 6) is -1.15. The van der Waals surface area contributed by atoms with E-state index in [0.717, 1.165) is 50.4 Å². The maximum Gasteiger partial charge on any atom is 0.408 e. The Kier molecular flexibility index (Phi) is 20.1. The molecule has 13 heteroatoms. The summed E-state index contributed by atoms with van der Waals surface area (Å²) in [5.41, 5.74) is 3.26. The molecular weight excluding hydrogens is 797 g/mol. The van der Waals surface area contributed by atoms with Gasteiger partial charge in [0.2, 0.25) is 5.91 Å². The number of carbonyl (C=O) groups excluding carboxylic acids is 3. The van der Waals surface area contributed by atoms with Gasteiger partial charge in [0, 0.05) is 78.3 Å². The molecule has 0 spiro atoms. The van der Waals surface area contributed by atoms with Gasteiger partial charge in [-0.1, -0.05) is 121 Å². The highest BCUT2D eigenvalue weighted by atomic mass is 16.6. The van der Waals surface area contributed by atoms with E-state index in [0.29, 0.717) is 19.5 Å². The Morgan fingerprint density at radius 3 is 1.27 bits per heavy atom. The summed E-state index contributed by atoms with van der Waals surface area (Å²) in [5, 5.41) is 17.6. The first-order valence-corrected chi connectivity index (χ1v) is 21.8. The van der Waals surface area contributed by atoms with Crippen molar-refractivity contribution in [3.63, 3.8) is 0 Å². The molecule has 0 saturated carbocycles. The fourth-order valence-corrected chi connectivity index (χ4v) is 6.90. The van der Waals surface area contributed by atoms with Gasteiger partial charge in [0.25, 0.3) is 0 Å². The van der Waals surface area contributed by atoms with Crippen molar-refractivity contribution in [1.82, 2.24) is 30.7 Å². The van der Waals surface area contributed by atoms with Gasteiger partial charge in [-0.25, -0.2) is 14.4 Å². The Morgan fingerprint density at radius 2 is 0.889 bits per heavy atom. The smallest absolute Gasteiger partial charge is 0.408 e. The van der Waals surface area contributed by atoms with E-state index >= 15 is 0 Å². The van der Waals surface area contributed by atoms with Gasteiger partial charge in [0.15, 0.2) is 0 Å². The number of rotatable bonds is 12. The number of carbonyl (C=O) groups is 4. The Bertz CT molecular complexity index is 1940. The van der Waals surface area contributed by atoms with Crippen LogP contribution in [0.5, 0.6) is 0 Å². The normalized spacial score (nSPS) is 15.5. The minimum Gasteiger partial charge on any atom is -0.480 e. The standard InChI is InChI=1S/C25H33N3O3.C14H19NO4.C11H16N2/c1-25(2,3)31-24(30)26-22(18-20-10-6-4-7-11-20)23(29)28-16-14-27(15-17-28)19-21-12-8-5-9-13-21;1-14(2,3)19-13(18)15-11(12(16)17)9-10-7-5-4-6-8-10;1-2-4-11(5-3-1)10-13-8-6-12-7-9-13/h4-13,22H,14-19H2,1-3H3,(H,26,30);4-8,11H,9H2,1-3H3,(H,15,18)(H,16,17);1-5,12H,6-10H2/t22-;11-;/m00./s1. The molecule has 4 aromatic carbocycles. The molecule has 2 saturated heterocycles. The van der Waals surface area contributed by atoms with E-state index in [2.05, 4.69) is 68.2 Å². The highest BCUT2D eigenvalue weighted by molar-refractivity contribution is 5.86. The second-order valence-corrected chi connectivity index (χ2v) is 17.7. The first-order valence-electron chi connectivity index (χ1n) is 21.8. The Labute approximate surface area is 374 Å². The molecule has 340 valence electrons. The van der Waals surface area contributed by atoms with E-state index in [1.165, 1.54) is 24.2 Å². The maximum absolute atomic E-state index is 13.3. The van der Waals surface area contributed by atoms with Crippen LogP contribution in [-0.4, -0.2) is 120 Å². The largest absolute Gasteiger partial charge is 0.480 e. The topological polar surface area (TPSA) is 153 Å². The van der Waals surface area contributed by atoms with Gasteiger partial charge in [-0.05, 0) is 63.8 Å². The van der Waals surface area contributed by atoms with Crippen molar-refractivity contribution in [1.29, 1.82) is 0 Å². The van der Waals surface area contributed by atoms with E-state index < -0.39 is 41.4 Å². The number of nitrogens with one attached hydrogen (secondary N) is 3. The van der Waals surface area contributed by atoms with E-state index in [1.54, 1.807) is 20.8 Å². The van der Waals surface area contributed by atoms with Crippen LogP contribution in [0.3, 0.4) is 0 Å². The van der Waals surface area contributed by atoms with E-state index in [4.69, 9.17) is 14.6 Å². The third-order valence-electron chi connectivity index (χ3n) is 9.94. The molecule has 0 aliphatic carbocycles. The molecule has 3 amide bonds. The van der Waals surface area contributed by atoms with Crippen LogP contribution in [-0.2, 0) is 45.0 Å². The Hall–Kier alpha value is -5.76. The molecule has 0 aromatic heterocycles.